The predicted molar refractivity (Wildman–Crippen MR) is 101 cm³/mol. The number of nitrogens with zero attached hydrogens (tertiary/aromatic N) is 2. The van der Waals surface area contributed by atoms with Gasteiger partial charge < -0.3 is 5.32 Å². The number of rotatable bonds is 6. The second-order valence-corrected chi connectivity index (χ2v) is 6.32. The average molecular weight is 358 g/mol. The SMILES string of the molecule is CCCn1c(=O)n(CCC(=O)Nc2ccc(Cl)cc2)c2ccccc21. The van der Waals surface area contributed by atoms with Crippen molar-refractivity contribution in [2.24, 2.45) is 0 Å². The molecule has 5 nitrogen and oxygen atoms in total. The Kier molecular flexibility index (Phi) is 5.24. The van der Waals surface area contributed by atoms with Crippen molar-refractivity contribution in [3.63, 3.8) is 0 Å². The average Bonchev–Trinajstić information content (AvgIpc) is 2.88. The molecule has 0 saturated carbocycles. The maximum absolute atomic E-state index is 12.7. The minimum Gasteiger partial charge on any atom is -0.326 e. The van der Waals surface area contributed by atoms with Gasteiger partial charge in [-0.05, 0) is 42.8 Å². The van der Waals surface area contributed by atoms with Gasteiger partial charge in [-0.2, -0.15) is 0 Å². The number of hydrogen-bond donors (Lipinski definition) is 1. The summed E-state index contributed by atoms with van der Waals surface area (Å²) in [4.78, 5) is 24.9. The van der Waals surface area contributed by atoms with E-state index < -0.39 is 0 Å². The Bertz CT molecular complexity index is 941. The number of imidazole rings is 1. The van der Waals surface area contributed by atoms with E-state index in [4.69, 9.17) is 11.6 Å². The van der Waals surface area contributed by atoms with Gasteiger partial charge >= 0.3 is 5.69 Å². The van der Waals surface area contributed by atoms with E-state index in [1.54, 1.807) is 33.4 Å². The molecule has 3 rings (SSSR count). The van der Waals surface area contributed by atoms with E-state index in [1.807, 2.05) is 31.2 Å². The van der Waals surface area contributed by atoms with Crippen molar-refractivity contribution in [2.45, 2.75) is 32.9 Å². The van der Waals surface area contributed by atoms with Gasteiger partial charge in [0.15, 0.2) is 0 Å². The van der Waals surface area contributed by atoms with Crippen molar-refractivity contribution in [1.82, 2.24) is 9.13 Å². The third kappa shape index (κ3) is 3.77. The number of aryl methyl sites for hydroxylation is 2. The molecule has 3 aromatic rings. The van der Waals surface area contributed by atoms with Crippen LogP contribution in [0.3, 0.4) is 0 Å². The van der Waals surface area contributed by atoms with E-state index in [0.29, 0.717) is 23.8 Å². The van der Waals surface area contributed by atoms with Gasteiger partial charge in [0.25, 0.3) is 0 Å². The molecule has 0 fully saturated rings. The van der Waals surface area contributed by atoms with E-state index in [2.05, 4.69) is 5.32 Å². The standard InChI is InChI=1S/C19H20ClN3O2/c1-2-12-22-16-5-3-4-6-17(16)23(19(22)25)13-11-18(24)21-15-9-7-14(20)8-10-15/h3-10H,2,11-13H2,1H3,(H,21,24). The summed E-state index contributed by atoms with van der Waals surface area (Å²) in [6.07, 6.45) is 1.10. The Balaban J connectivity index is 1.76. The Morgan fingerprint density at radius 3 is 2.20 bits per heavy atom. The van der Waals surface area contributed by atoms with Crippen LogP contribution in [0.5, 0.6) is 0 Å². The first-order valence-corrected chi connectivity index (χ1v) is 8.71. The summed E-state index contributed by atoms with van der Waals surface area (Å²) in [7, 11) is 0. The number of aromatic nitrogens is 2. The van der Waals surface area contributed by atoms with Crippen LogP contribution in [0, 0.1) is 0 Å². The number of amides is 1. The van der Waals surface area contributed by atoms with Gasteiger partial charge in [-0.15, -0.1) is 0 Å². The maximum Gasteiger partial charge on any atom is 0.329 e. The van der Waals surface area contributed by atoms with Gasteiger partial charge in [-0.1, -0.05) is 30.7 Å². The lowest BCUT2D eigenvalue weighted by Gasteiger charge is -2.06. The van der Waals surface area contributed by atoms with E-state index >= 15 is 0 Å². The predicted octanol–water partition coefficient (Wildman–Crippen LogP) is 3.90. The van der Waals surface area contributed by atoms with Crippen LogP contribution in [0.25, 0.3) is 11.0 Å². The first-order chi connectivity index (χ1) is 12.1. The number of hydrogen-bond acceptors (Lipinski definition) is 2. The largest absolute Gasteiger partial charge is 0.329 e. The smallest absolute Gasteiger partial charge is 0.326 e. The number of nitrogens with one attached hydrogen (secondary N) is 1. The third-order valence-corrected chi connectivity index (χ3v) is 4.31. The molecule has 0 aliphatic carbocycles. The molecule has 0 aliphatic heterocycles. The van der Waals surface area contributed by atoms with E-state index in [1.165, 1.54) is 0 Å². The van der Waals surface area contributed by atoms with Crippen LogP contribution in [0.1, 0.15) is 19.8 Å². The zero-order valence-corrected chi connectivity index (χ0v) is 14.8. The highest BCUT2D eigenvalue weighted by atomic mass is 35.5. The fourth-order valence-electron chi connectivity index (χ4n) is 2.90. The Hall–Kier alpha value is -2.53. The Labute approximate surface area is 150 Å². The quantitative estimate of drug-likeness (QED) is 0.727. The molecule has 1 N–H and O–H groups in total. The van der Waals surface area contributed by atoms with Crippen LogP contribution >= 0.6 is 11.6 Å². The lowest BCUT2D eigenvalue weighted by molar-refractivity contribution is -0.116. The van der Waals surface area contributed by atoms with Gasteiger partial charge in [0, 0.05) is 30.2 Å². The Morgan fingerprint density at radius 1 is 1.00 bits per heavy atom. The molecule has 0 unspecified atom stereocenters. The fraction of sp³-hybridized carbons (Fsp3) is 0.263. The first kappa shape index (κ1) is 17.3. The second kappa shape index (κ2) is 7.57. The van der Waals surface area contributed by atoms with Gasteiger partial charge in [0.2, 0.25) is 5.91 Å². The highest BCUT2D eigenvalue weighted by molar-refractivity contribution is 6.30. The highest BCUT2D eigenvalue weighted by Crippen LogP contribution is 2.15. The molecule has 0 bridgehead atoms. The van der Waals surface area contributed by atoms with E-state index in [-0.39, 0.29) is 18.0 Å². The third-order valence-electron chi connectivity index (χ3n) is 4.06. The summed E-state index contributed by atoms with van der Waals surface area (Å²) in [5.74, 6) is -0.137. The lowest BCUT2D eigenvalue weighted by atomic mass is 10.3. The van der Waals surface area contributed by atoms with Gasteiger partial charge in [0.05, 0.1) is 11.0 Å². The molecular weight excluding hydrogens is 338 g/mol. The lowest BCUT2D eigenvalue weighted by Crippen LogP contribution is -2.26. The molecular formula is C19H20ClN3O2. The number of fused-ring (bicyclic) bond motifs is 1. The number of halogens is 1. The molecule has 0 saturated heterocycles. The zero-order chi connectivity index (χ0) is 17.8. The fourth-order valence-corrected chi connectivity index (χ4v) is 3.02. The zero-order valence-electron chi connectivity index (χ0n) is 14.0. The molecule has 2 aromatic carbocycles. The van der Waals surface area contributed by atoms with Crippen LogP contribution in [0.4, 0.5) is 5.69 Å². The number of para-hydroxylation sites is 2. The van der Waals surface area contributed by atoms with Gasteiger partial charge in [-0.25, -0.2) is 4.79 Å². The van der Waals surface area contributed by atoms with Gasteiger partial charge in [-0.3, -0.25) is 13.9 Å². The topological polar surface area (TPSA) is 56.0 Å². The minimum absolute atomic E-state index is 0.0673. The minimum atomic E-state index is -0.137. The number of anilines is 1. The molecule has 0 atom stereocenters. The second-order valence-electron chi connectivity index (χ2n) is 5.88. The molecule has 25 heavy (non-hydrogen) atoms. The number of carbonyl (C=O) groups excluding carboxylic acids is 1. The van der Waals surface area contributed by atoms with Crippen molar-refractivity contribution in [1.29, 1.82) is 0 Å². The summed E-state index contributed by atoms with van der Waals surface area (Å²) in [6, 6.07) is 14.6. The summed E-state index contributed by atoms with van der Waals surface area (Å²) in [5, 5.41) is 3.44. The molecule has 1 amide bonds. The molecule has 0 aliphatic rings. The van der Waals surface area contributed by atoms with E-state index in [0.717, 1.165) is 17.5 Å². The molecule has 1 heterocycles. The normalized spacial score (nSPS) is 11.0. The molecule has 0 radical (unpaired) electrons. The molecule has 130 valence electrons. The monoisotopic (exact) mass is 357 g/mol. The van der Waals surface area contributed by atoms with Crippen LogP contribution in [0.15, 0.2) is 53.3 Å². The van der Waals surface area contributed by atoms with Crippen molar-refractivity contribution >= 4 is 34.2 Å². The van der Waals surface area contributed by atoms with Crippen LogP contribution < -0.4 is 11.0 Å². The van der Waals surface area contributed by atoms with Crippen molar-refractivity contribution in [2.75, 3.05) is 5.32 Å². The summed E-state index contributed by atoms with van der Waals surface area (Å²) in [5.41, 5.74) is 2.39. The van der Waals surface area contributed by atoms with Gasteiger partial charge in [0.1, 0.15) is 0 Å². The van der Waals surface area contributed by atoms with Crippen LogP contribution in [0.2, 0.25) is 5.02 Å². The molecule has 1 aromatic heterocycles. The summed E-state index contributed by atoms with van der Waals surface area (Å²) >= 11 is 5.84. The molecule has 0 spiro atoms. The van der Waals surface area contributed by atoms with Crippen molar-refractivity contribution in [3.05, 3.63) is 64.0 Å². The maximum atomic E-state index is 12.7. The van der Waals surface area contributed by atoms with E-state index in [9.17, 15) is 9.59 Å². The van der Waals surface area contributed by atoms with Crippen molar-refractivity contribution in [3.8, 4) is 0 Å². The number of carbonyl (C=O) groups is 1. The molecule has 6 heteroatoms. The van der Waals surface area contributed by atoms with Crippen LogP contribution in [-0.4, -0.2) is 15.0 Å². The van der Waals surface area contributed by atoms with Crippen molar-refractivity contribution < 1.29 is 4.79 Å². The highest BCUT2D eigenvalue weighted by Gasteiger charge is 2.13. The van der Waals surface area contributed by atoms with Crippen LogP contribution in [-0.2, 0) is 17.9 Å². The summed E-state index contributed by atoms with van der Waals surface area (Å²) < 4.78 is 3.44. The Morgan fingerprint density at radius 2 is 1.60 bits per heavy atom. The summed E-state index contributed by atoms with van der Waals surface area (Å²) in [6.45, 7) is 3.05. The number of benzene rings is 2. The first-order valence-electron chi connectivity index (χ1n) is 8.33.